The van der Waals surface area contributed by atoms with Crippen molar-refractivity contribution in [3.8, 4) is 0 Å². The molecule has 0 aliphatic carbocycles. The first-order valence-electron chi connectivity index (χ1n) is 8.12. The summed E-state index contributed by atoms with van der Waals surface area (Å²) in [5, 5.41) is 0. The number of ketones is 1. The van der Waals surface area contributed by atoms with E-state index in [1.807, 2.05) is 0 Å². The van der Waals surface area contributed by atoms with Crippen LogP contribution in [0.2, 0.25) is 0 Å². The monoisotopic (exact) mass is 375 g/mol. The highest BCUT2D eigenvalue weighted by Crippen LogP contribution is 2.26. The van der Waals surface area contributed by atoms with Crippen LogP contribution < -0.4 is 4.31 Å². The molecule has 0 aliphatic rings. The molecule has 7 heteroatoms. The Morgan fingerprint density at radius 2 is 1.73 bits per heavy atom. The van der Waals surface area contributed by atoms with E-state index < -0.39 is 16.0 Å². The van der Waals surface area contributed by atoms with Crippen LogP contribution in [-0.2, 0) is 19.6 Å². The van der Waals surface area contributed by atoms with Gasteiger partial charge >= 0.3 is 5.97 Å². The summed E-state index contributed by atoms with van der Waals surface area (Å²) in [6, 6.07) is 13.1. The average molecular weight is 375 g/mol. The molecule has 2 aromatic carbocycles. The second-order valence-electron chi connectivity index (χ2n) is 5.76. The van der Waals surface area contributed by atoms with Gasteiger partial charge in [0.05, 0.1) is 16.1 Å². The van der Waals surface area contributed by atoms with Gasteiger partial charge in [-0.25, -0.2) is 13.2 Å². The number of sulfonamides is 1. The Morgan fingerprint density at radius 3 is 2.31 bits per heavy atom. The first-order valence-corrected chi connectivity index (χ1v) is 9.56. The third-order valence-electron chi connectivity index (χ3n) is 3.73. The van der Waals surface area contributed by atoms with E-state index >= 15 is 0 Å². The van der Waals surface area contributed by atoms with Crippen molar-refractivity contribution in [1.82, 2.24) is 0 Å². The first kappa shape index (κ1) is 19.7. The van der Waals surface area contributed by atoms with Crippen molar-refractivity contribution in [2.24, 2.45) is 0 Å². The summed E-state index contributed by atoms with van der Waals surface area (Å²) in [5.41, 5.74) is 1.14. The third-order valence-corrected chi connectivity index (χ3v) is 5.77. The highest BCUT2D eigenvalue weighted by Gasteiger charge is 2.26. The molecule has 0 amide bonds. The fraction of sp³-hybridized carbons (Fsp3) is 0.263. The zero-order valence-corrected chi connectivity index (χ0v) is 15.7. The maximum absolute atomic E-state index is 13.1. The molecular formula is C19H21NO5S. The summed E-state index contributed by atoms with van der Waals surface area (Å²) in [7, 11) is -3.86. The second-order valence-corrected chi connectivity index (χ2v) is 7.59. The van der Waals surface area contributed by atoms with Crippen molar-refractivity contribution in [1.29, 1.82) is 0 Å². The molecule has 138 valence electrons. The molecule has 6 nitrogen and oxygen atoms in total. The van der Waals surface area contributed by atoms with E-state index in [2.05, 4.69) is 0 Å². The standard InChI is InChI=1S/C19H21NO5S/c1-4-20(17-8-6-5-7-9-17)26(23,24)18-12-16(11-10-14(18)2)19(22)25-13-15(3)21/h5-12H,4,13H2,1-3H3. The number of nitrogens with zero attached hydrogens (tertiary/aromatic N) is 1. The number of aryl methyl sites for hydroxylation is 1. The Balaban J connectivity index is 2.44. The Kier molecular flexibility index (Phi) is 6.15. The minimum atomic E-state index is -3.86. The Labute approximate surface area is 153 Å². The molecule has 2 aromatic rings. The van der Waals surface area contributed by atoms with Gasteiger partial charge in [-0.05, 0) is 50.6 Å². The van der Waals surface area contributed by atoms with Crippen LogP contribution in [0.3, 0.4) is 0 Å². The zero-order chi connectivity index (χ0) is 19.3. The molecule has 0 N–H and O–H groups in total. The van der Waals surface area contributed by atoms with Crippen LogP contribution in [-0.4, -0.2) is 33.3 Å². The molecule has 26 heavy (non-hydrogen) atoms. The van der Waals surface area contributed by atoms with Gasteiger partial charge in [0.2, 0.25) is 0 Å². The maximum Gasteiger partial charge on any atom is 0.338 e. The molecule has 2 rings (SSSR count). The average Bonchev–Trinajstić information content (AvgIpc) is 2.61. The molecule has 0 heterocycles. The van der Waals surface area contributed by atoms with Crippen LogP contribution in [0, 0.1) is 6.92 Å². The van der Waals surface area contributed by atoms with Crippen LogP contribution in [0.5, 0.6) is 0 Å². The molecule has 0 saturated carbocycles. The van der Waals surface area contributed by atoms with Crippen LogP contribution >= 0.6 is 0 Å². The fourth-order valence-electron chi connectivity index (χ4n) is 2.46. The minimum absolute atomic E-state index is 0.0282. The van der Waals surface area contributed by atoms with E-state index in [1.165, 1.54) is 23.4 Å². The molecule has 0 spiro atoms. The summed E-state index contributed by atoms with van der Waals surface area (Å²) in [6.45, 7) is 4.60. The van der Waals surface area contributed by atoms with Crippen molar-refractivity contribution in [2.75, 3.05) is 17.5 Å². The SMILES string of the molecule is CCN(c1ccccc1)S(=O)(=O)c1cc(C(=O)OCC(C)=O)ccc1C. The van der Waals surface area contributed by atoms with Crippen molar-refractivity contribution in [3.05, 3.63) is 59.7 Å². The van der Waals surface area contributed by atoms with Crippen molar-refractivity contribution in [2.45, 2.75) is 25.7 Å². The number of carbonyl (C=O) groups excluding carboxylic acids is 2. The highest BCUT2D eigenvalue weighted by atomic mass is 32.2. The number of rotatable bonds is 7. The second kappa shape index (κ2) is 8.14. The summed E-state index contributed by atoms with van der Waals surface area (Å²) in [6.07, 6.45) is 0. The van der Waals surface area contributed by atoms with Crippen molar-refractivity contribution < 1.29 is 22.7 Å². The van der Waals surface area contributed by atoms with Gasteiger partial charge < -0.3 is 4.74 Å². The van der Waals surface area contributed by atoms with Gasteiger partial charge in [-0.15, -0.1) is 0 Å². The van der Waals surface area contributed by atoms with E-state index in [0.717, 1.165) is 0 Å². The van der Waals surface area contributed by atoms with Crippen LogP contribution in [0.4, 0.5) is 5.69 Å². The largest absolute Gasteiger partial charge is 0.454 e. The summed E-state index contributed by atoms with van der Waals surface area (Å²) < 4.78 is 32.4. The maximum atomic E-state index is 13.1. The van der Waals surface area contributed by atoms with Crippen LogP contribution in [0.25, 0.3) is 0 Å². The number of anilines is 1. The predicted molar refractivity (Wildman–Crippen MR) is 98.8 cm³/mol. The zero-order valence-electron chi connectivity index (χ0n) is 14.9. The van der Waals surface area contributed by atoms with Crippen molar-refractivity contribution in [3.63, 3.8) is 0 Å². The van der Waals surface area contributed by atoms with E-state index in [4.69, 9.17) is 4.74 Å². The quantitative estimate of drug-likeness (QED) is 0.695. The Bertz CT molecular complexity index is 907. The molecule has 0 bridgehead atoms. The molecule has 0 unspecified atom stereocenters. The van der Waals surface area contributed by atoms with Crippen LogP contribution in [0.1, 0.15) is 29.8 Å². The first-order chi connectivity index (χ1) is 12.3. The van der Waals surface area contributed by atoms with Crippen molar-refractivity contribution >= 4 is 27.5 Å². The summed E-state index contributed by atoms with van der Waals surface area (Å²) in [5.74, 6) is -1.03. The molecule has 0 aliphatic heterocycles. The van der Waals surface area contributed by atoms with Gasteiger partial charge in [-0.1, -0.05) is 24.3 Å². The number of esters is 1. The molecule has 0 saturated heterocycles. The van der Waals surface area contributed by atoms with Gasteiger partial charge in [0.15, 0.2) is 5.78 Å². The summed E-state index contributed by atoms with van der Waals surface area (Å²) >= 11 is 0. The molecule has 0 atom stereocenters. The topological polar surface area (TPSA) is 80.8 Å². The lowest BCUT2D eigenvalue weighted by Gasteiger charge is -2.24. The molecule has 0 radical (unpaired) electrons. The van der Waals surface area contributed by atoms with Gasteiger partial charge in [0.1, 0.15) is 6.61 Å². The normalized spacial score (nSPS) is 11.0. The number of hydrogen-bond donors (Lipinski definition) is 0. The lowest BCUT2D eigenvalue weighted by Crippen LogP contribution is -2.31. The molecule has 0 aromatic heterocycles. The number of carbonyl (C=O) groups is 2. The third kappa shape index (κ3) is 4.29. The smallest absolute Gasteiger partial charge is 0.338 e. The van der Waals surface area contributed by atoms with Gasteiger partial charge in [-0.2, -0.15) is 0 Å². The Hall–Kier alpha value is -2.67. The fourth-order valence-corrected chi connectivity index (χ4v) is 4.19. The predicted octanol–water partition coefficient (Wildman–Crippen LogP) is 2.96. The van der Waals surface area contributed by atoms with Gasteiger partial charge in [-0.3, -0.25) is 9.10 Å². The highest BCUT2D eigenvalue weighted by molar-refractivity contribution is 7.92. The number of Topliss-reactive ketones (excluding diaryl/α,β-unsaturated/α-hetero) is 1. The molecular weight excluding hydrogens is 354 g/mol. The summed E-state index contributed by atoms with van der Waals surface area (Å²) in [4.78, 5) is 23.1. The number of hydrogen-bond acceptors (Lipinski definition) is 5. The van der Waals surface area contributed by atoms with Gasteiger partial charge in [0, 0.05) is 6.54 Å². The van der Waals surface area contributed by atoms with E-state index in [-0.39, 0.29) is 29.4 Å². The lowest BCUT2D eigenvalue weighted by molar-refractivity contribution is -0.120. The van der Waals surface area contributed by atoms with E-state index in [1.54, 1.807) is 50.2 Å². The number of benzene rings is 2. The minimum Gasteiger partial charge on any atom is -0.454 e. The number of ether oxygens (including phenoxy) is 1. The Morgan fingerprint density at radius 1 is 1.08 bits per heavy atom. The molecule has 0 fully saturated rings. The number of para-hydroxylation sites is 1. The van der Waals surface area contributed by atoms with Gasteiger partial charge in [0.25, 0.3) is 10.0 Å². The lowest BCUT2D eigenvalue weighted by atomic mass is 10.1. The van der Waals surface area contributed by atoms with E-state index in [9.17, 15) is 18.0 Å². The van der Waals surface area contributed by atoms with Crippen LogP contribution in [0.15, 0.2) is 53.4 Å². The van der Waals surface area contributed by atoms with E-state index in [0.29, 0.717) is 11.3 Å².